The summed E-state index contributed by atoms with van der Waals surface area (Å²) in [6.07, 6.45) is 1.53. The van der Waals surface area contributed by atoms with Crippen LogP contribution in [0.1, 0.15) is 19.8 Å². The Balaban J connectivity index is 2.64. The van der Waals surface area contributed by atoms with E-state index in [1.165, 1.54) is 7.11 Å². The molecule has 0 saturated heterocycles. The zero-order chi connectivity index (χ0) is 13.4. The molecule has 0 unspecified atom stereocenters. The third kappa shape index (κ3) is 4.95. The van der Waals surface area contributed by atoms with Gasteiger partial charge in [0.25, 0.3) is 0 Å². The van der Waals surface area contributed by atoms with Crippen molar-refractivity contribution in [2.45, 2.75) is 29.6 Å². The largest absolute Gasteiger partial charge is 0.224 e. The Hall–Kier alpha value is -0.600. The van der Waals surface area contributed by atoms with E-state index in [1.807, 2.05) is 6.92 Å². The van der Waals surface area contributed by atoms with Crippen LogP contribution in [-0.4, -0.2) is 21.3 Å². The molecule has 0 N–H and O–H groups in total. The SMILES string of the molecule is CCCCS(=O)(=O)c1ccc(SOOOC)cc1. The van der Waals surface area contributed by atoms with Crippen molar-refractivity contribution < 1.29 is 22.7 Å². The average Bonchev–Trinajstić information content (AvgIpc) is 2.37. The molecule has 0 aliphatic rings. The van der Waals surface area contributed by atoms with E-state index in [9.17, 15) is 8.42 Å². The van der Waals surface area contributed by atoms with Crippen molar-refractivity contribution in [1.29, 1.82) is 0 Å². The van der Waals surface area contributed by atoms with Crippen LogP contribution in [0.25, 0.3) is 0 Å². The highest BCUT2D eigenvalue weighted by atomic mass is 32.2. The lowest BCUT2D eigenvalue weighted by Crippen LogP contribution is -2.06. The first-order valence-electron chi connectivity index (χ1n) is 5.47. The van der Waals surface area contributed by atoms with Crippen LogP contribution < -0.4 is 0 Å². The normalized spacial score (nSPS) is 11.7. The Bertz CT molecular complexity index is 441. The fourth-order valence-electron chi connectivity index (χ4n) is 1.24. The maximum absolute atomic E-state index is 11.9. The predicted molar refractivity (Wildman–Crippen MR) is 68.4 cm³/mol. The topological polar surface area (TPSA) is 61.8 Å². The van der Waals surface area contributed by atoms with Crippen molar-refractivity contribution in [2.24, 2.45) is 0 Å². The summed E-state index contributed by atoms with van der Waals surface area (Å²) < 4.78 is 28.4. The summed E-state index contributed by atoms with van der Waals surface area (Å²) in [6, 6.07) is 6.43. The smallest absolute Gasteiger partial charge is 0.178 e. The minimum atomic E-state index is -3.17. The van der Waals surface area contributed by atoms with Crippen molar-refractivity contribution in [3.63, 3.8) is 0 Å². The molecule has 0 aliphatic carbocycles. The molecule has 0 spiro atoms. The van der Waals surface area contributed by atoms with Gasteiger partial charge in [0.15, 0.2) is 9.84 Å². The summed E-state index contributed by atoms with van der Waals surface area (Å²) in [6.45, 7) is 1.96. The van der Waals surface area contributed by atoms with E-state index in [-0.39, 0.29) is 5.75 Å². The minimum Gasteiger partial charge on any atom is -0.224 e. The molecular weight excluding hydrogens is 276 g/mol. The van der Waals surface area contributed by atoms with Crippen molar-refractivity contribution >= 4 is 21.9 Å². The van der Waals surface area contributed by atoms with E-state index in [1.54, 1.807) is 24.3 Å². The summed E-state index contributed by atoms with van der Waals surface area (Å²) in [5, 5.41) is 4.23. The lowest BCUT2D eigenvalue weighted by molar-refractivity contribution is -0.447. The molecule has 0 atom stereocenters. The van der Waals surface area contributed by atoms with Crippen LogP contribution in [0, 0.1) is 0 Å². The highest BCUT2D eigenvalue weighted by molar-refractivity contribution is 7.94. The van der Waals surface area contributed by atoms with Crippen LogP contribution in [0.4, 0.5) is 0 Å². The minimum absolute atomic E-state index is 0.180. The quantitative estimate of drug-likeness (QED) is 0.318. The number of benzene rings is 1. The monoisotopic (exact) mass is 292 g/mol. The maximum Gasteiger partial charge on any atom is 0.178 e. The van der Waals surface area contributed by atoms with E-state index in [4.69, 9.17) is 0 Å². The summed E-state index contributed by atoms with van der Waals surface area (Å²) in [4.78, 5) is 5.30. The zero-order valence-corrected chi connectivity index (χ0v) is 11.9. The molecule has 0 saturated carbocycles. The number of rotatable bonds is 8. The van der Waals surface area contributed by atoms with Crippen LogP contribution in [-0.2, 0) is 24.1 Å². The van der Waals surface area contributed by atoms with E-state index < -0.39 is 9.84 Å². The molecule has 0 heterocycles. The average molecular weight is 292 g/mol. The Morgan fingerprint density at radius 1 is 1.22 bits per heavy atom. The fourth-order valence-corrected chi connectivity index (χ4v) is 3.10. The van der Waals surface area contributed by atoms with Crippen LogP contribution in [0.5, 0.6) is 0 Å². The lowest BCUT2D eigenvalue weighted by Gasteiger charge is -2.04. The molecule has 0 fully saturated rings. The standard InChI is InChI=1S/C11H16O5S2/c1-3-4-9-18(12,13)11-7-5-10(6-8-11)17-16-15-14-2/h5-8H,3-4,9H2,1-2H3. The molecule has 18 heavy (non-hydrogen) atoms. The van der Waals surface area contributed by atoms with Crippen LogP contribution in [0.2, 0.25) is 0 Å². The van der Waals surface area contributed by atoms with Crippen molar-refractivity contribution in [3.05, 3.63) is 24.3 Å². The van der Waals surface area contributed by atoms with E-state index >= 15 is 0 Å². The number of hydrogen-bond donors (Lipinski definition) is 0. The van der Waals surface area contributed by atoms with E-state index in [0.717, 1.165) is 23.4 Å². The second-order valence-corrected chi connectivity index (χ2v) is 6.41. The first-order valence-corrected chi connectivity index (χ1v) is 7.86. The zero-order valence-electron chi connectivity index (χ0n) is 10.3. The van der Waals surface area contributed by atoms with Gasteiger partial charge < -0.3 is 0 Å². The molecule has 1 aromatic rings. The maximum atomic E-state index is 11.9. The number of unbranched alkanes of at least 4 members (excludes halogenated alkanes) is 1. The molecule has 0 amide bonds. The summed E-state index contributed by atoms with van der Waals surface area (Å²) in [7, 11) is -1.85. The van der Waals surface area contributed by atoms with Gasteiger partial charge in [-0.15, -0.1) is 4.33 Å². The molecule has 0 aliphatic heterocycles. The molecule has 7 heteroatoms. The van der Waals surface area contributed by atoms with Gasteiger partial charge in [0.05, 0.1) is 29.8 Å². The van der Waals surface area contributed by atoms with E-state index in [2.05, 4.69) is 14.3 Å². The number of hydrogen-bond acceptors (Lipinski definition) is 6. The highest BCUT2D eigenvalue weighted by Gasteiger charge is 2.13. The van der Waals surface area contributed by atoms with Gasteiger partial charge >= 0.3 is 0 Å². The number of sulfone groups is 1. The molecule has 102 valence electrons. The van der Waals surface area contributed by atoms with Gasteiger partial charge in [0, 0.05) is 4.90 Å². The van der Waals surface area contributed by atoms with Crippen LogP contribution >= 0.6 is 12.0 Å². The Morgan fingerprint density at radius 2 is 1.89 bits per heavy atom. The molecule has 1 rings (SSSR count). The fraction of sp³-hybridized carbons (Fsp3) is 0.455. The van der Waals surface area contributed by atoms with E-state index in [0.29, 0.717) is 11.3 Å². The first kappa shape index (κ1) is 15.5. The second kappa shape index (κ2) is 7.75. The molecule has 0 bridgehead atoms. The molecular formula is C11H16O5S2. The third-order valence-corrected chi connectivity index (χ3v) is 4.58. The van der Waals surface area contributed by atoms with Crippen LogP contribution in [0.15, 0.2) is 34.1 Å². The second-order valence-electron chi connectivity index (χ2n) is 3.53. The van der Waals surface area contributed by atoms with Gasteiger partial charge in [-0.1, -0.05) is 18.4 Å². The van der Waals surface area contributed by atoms with Crippen LogP contribution in [0.3, 0.4) is 0 Å². The van der Waals surface area contributed by atoms with Gasteiger partial charge in [0.2, 0.25) is 0 Å². The third-order valence-electron chi connectivity index (χ3n) is 2.18. The van der Waals surface area contributed by atoms with Gasteiger partial charge in [0.1, 0.15) is 0 Å². The van der Waals surface area contributed by atoms with Gasteiger partial charge in [-0.05, 0) is 30.7 Å². The highest BCUT2D eigenvalue weighted by Crippen LogP contribution is 2.22. The van der Waals surface area contributed by atoms with Gasteiger partial charge in [-0.3, -0.25) is 0 Å². The molecule has 0 aromatic heterocycles. The van der Waals surface area contributed by atoms with Crippen molar-refractivity contribution in [1.82, 2.24) is 0 Å². The van der Waals surface area contributed by atoms with Crippen molar-refractivity contribution in [3.8, 4) is 0 Å². The summed E-state index contributed by atoms with van der Waals surface area (Å²) in [5.74, 6) is 0.180. The summed E-state index contributed by atoms with van der Waals surface area (Å²) >= 11 is 0.940. The molecule has 1 aromatic carbocycles. The Labute approximate surface area is 111 Å². The van der Waals surface area contributed by atoms with Gasteiger partial charge in [-0.2, -0.15) is 0 Å². The molecule has 5 nitrogen and oxygen atoms in total. The van der Waals surface area contributed by atoms with Crippen molar-refractivity contribution in [2.75, 3.05) is 12.9 Å². The Kier molecular flexibility index (Phi) is 6.66. The predicted octanol–water partition coefficient (Wildman–Crippen LogP) is 2.78. The lowest BCUT2D eigenvalue weighted by atomic mass is 10.4. The summed E-state index contributed by atoms with van der Waals surface area (Å²) in [5.41, 5.74) is 0. The first-order chi connectivity index (χ1) is 8.60. The molecule has 0 radical (unpaired) electrons. The Morgan fingerprint density at radius 3 is 2.44 bits per heavy atom. The van der Waals surface area contributed by atoms with Gasteiger partial charge in [-0.25, -0.2) is 13.3 Å².